The quantitative estimate of drug-likeness (QED) is 0.796. The third-order valence-corrected chi connectivity index (χ3v) is 3.47. The molecule has 112 valence electrons. The molecule has 3 nitrogen and oxygen atoms in total. The molecule has 5 heteroatoms. The fraction of sp³-hybridized carbons (Fsp3) is 0.118. The highest BCUT2D eigenvalue weighted by atomic mass is 19.1. The second-order valence-electron chi connectivity index (χ2n) is 5.01. The average molecular weight is 301 g/mol. The van der Waals surface area contributed by atoms with E-state index in [-0.39, 0.29) is 23.9 Å². The molecule has 0 spiro atoms. The molecule has 0 atom stereocenters. The lowest BCUT2D eigenvalue weighted by Gasteiger charge is -2.04. The number of carbonyl (C=O) groups is 1. The van der Waals surface area contributed by atoms with Gasteiger partial charge in [0.05, 0.1) is 0 Å². The number of hydrogen-bond donors (Lipinski definition) is 1. The van der Waals surface area contributed by atoms with Gasteiger partial charge in [0.25, 0.3) is 5.91 Å². The third-order valence-electron chi connectivity index (χ3n) is 3.47. The highest BCUT2D eigenvalue weighted by molar-refractivity contribution is 5.98. The van der Waals surface area contributed by atoms with Gasteiger partial charge in [-0.1, -0.05) is 12.1 Å². The fourth-order valence-corrected chi connectivity index (χ4v) is 2.27. The van der Waals surface area contributed by atoms with Crippen LogP contribution in [0.2, 0.25) is 0 Å². The van der Waals surface area contributed by atoms with E-state index >= 15 is 0 Å². The SMILES string of the molecule is Cc1c(C(=O)NCc2ccc(F)cc2)oc2ccc(F)cc12. The van der Waals surface area contributed by atoms with Crippen LogP contribution in [0.5, 0.6) is 0 Å². The molecule has 0 aliphatic heterocycles. The Balaban J connectivity index is 1.80. The summed E-state index contributed by atoms with van der Waals surface area (Å²) in [6.45, 7) is 1.96. The fourth-order valence-electron chi connectivity index (χ4n) is 2.27. The molecule has 0 fully saturated rings. The van der Waals surface area contributed by atoms with Gasteiger partial charge >= 0.3 is 0 Å². The number of fused-ring (bicyclic) bond motifs is 1. The zero-order chi connectivity index (χ0) is 15.7. The van der Waals surface area contributed by atoms with E-state index in [1.807, 2.05) is 0 Å². The molecule has 0 bridgehead atoms. The van der Waals surface area contributed by atoms with Crippen molar-refractivity contribution in [1.82, 2.24) is 5.32 Å². The van der Waals surface area contributed by atoms with Crippen molar-refractivity contribution >= 4 is 16.9 Å². The van der Waals surface area contributed by atoms with Crippen molar-refractivity contribution in [2.45, 2.75) is 13.5 Å². The van der Waals surface area contributed by atoms with Crippen molar-refractivity contribution in [2.75, 3.05) is 0 Å². The van der Waals surface area contributed by atoms with Crippen LogP contribution in [0.25, 0.3) is 11.0 Å². The Morgan fingerprint density at radius 2 is 1.77 bits per heavy atom. The lowest BCUT2D eigenvalue weighted by atomic mass is 10.1. The molecule has 1 amide bonds. The number of amides is 1. The Hall–Kier alpha value is -2.69. The predicted octanol–water partition coefficient (Wildman–Crippen LogP) is 3.95. The van der Waals surface area contributed by atoms with Gasteiger partial charge in [0.1, 0.15) is 17.2 Å². The molecule has 1 aromatic heterocycles. The number of furan rings is 1. The molecule has 0 aliphatic carbocycles. The summed E-state index contributed by atoms with van der Waals surface area (Å²) in [5, 5.41) is 3.28. The van der Waals surface area contributed by atoms with Gasteiger partial charge in [-0.15, -0.1) is 0 Å². The van der Waals surface area contributed by atoms with Gasteiger partial charge in [-0.25, -0.2) is 8.78 Å². The minimum atomic E-state index is -0.390. The Morgan fingerprint density at radius 3 is 2.50 bits per heavy atom. The number of aryl methyl sites for hydroxylation is 1. The maximum atomic E-state index is 13.3. The second kappa shape index (κ2) is 5.60. The molecule has 0 aliphatic rings. The molecular weight excluding hydrogens is 288 g/mol. The number of rotatable bonds is 3. The van der Waals surface area contributed by atoms with E-state index in [0.29, 0.717) is 16.5 Å². The first-order chi connectivity index (χ1) is 10.5. The first-order valence-corrected chi connectivity index (χ1v) is 6.76. The van der Waals surface area contributed by atoms with Crippen molar-refractivity contribution in [3.8, 4) is 0 Å². The Bertz CT molecular complexity index is 838. The summed E-state index contributed by atoms with van der Waals surface area (Å²) < 4.78 is 31.6. The number of benzene rings is 2. The largest absolute Gasteiger partial charge is 0.451 e. The van der Waals surface area contributed by atoms with E-state index < -0.39 is 5.91 Å². The first-order valence-electron chi connectivity index (χ1n) is 6.76. The summed E-state index contributed by atoms with van der Waals surface area (Å²) in [7, 11) is 0. The second-order valence-corrected chi connectivity index (χ2v) is 5.01. The number of carbonyl (C=O) groups excluding carboxylic acids is 1. The summed E-state index contributed by atoms with van der Waals surface area (Å²) in [5.74, 6) is -0.943. The van der Waals surface area contributed by atoms with Crippen molar-refractivity contribution in [1.29, 1.82) is 0 Å². The van der Waals surface area contributed by atoms with Gasteiger partial charge in [0.2, 0.25) is 0 Å². The summed E-state index contributed by atoms with van der Waals surface area (Å²) in [4.78, 5) is 12.2. The van der Waals surface area contributed by atoms with Crippen LogP contribution in [0.1, 0.15) is 21.7 Å². The van der Waals surface area contributed by atoms with E-state index in [0.717, 1.165) is 5.56 Å². The number of hydrogen-bond acceptors (Lipinski definition) is 2. The molecule has 3 aromatic rings. The molecule has 3 rings (SSSR count). The molecule has 1 heterocycles. The van der Waals surface area contributed by atoms with Crippen LogP contribution in [-0.4, -0.2) is 5.91 Å². The van der Waals surface area contributed by atoms with Crippen molar-refractivity contribution in [3.05, 3.63) is 71.0 Å². The standard InChI is InChI=1S/C17H13F2NO2/c1-10-14-8-13(19)6-7-15(14)22-16(10)17(21)20-9-11-2-4-12(18)5-3-11/h2-8H,9H2,1H3,(H,20,21). The number of nitrogens with one attached hydrogen (secondary N) is 1. The summed E-state index contributed by atoms with van der Waals surface area (Å²) in [6, 6.07) is 9.96. The van der Waals surface area contributed by atoms with E-state index in [1.165, 1.54) is 30.3 Å². The lowest BCUT2D eigenvalue weighted by Crippen LogP contribution is -2.22. The summed E-state index contributed by atoms with van der Waals surface area (Å²) in [5.41, 5.74) is 1.83. The maximum absolute atomic E-state index is 13.3. The molecule has 1 N–H and O–H groups in total. The van der Waals surface area contributed by atoms with Crippen molar-refractivity contribution in [3.63, 3.8) is 0 Å². The van der Waals surface area contributed by atoms with Crippen LogP contribution in [0.4, 0.5) is 8.78 Å². The minimum absolute atomic E-state index is 0.155. The topological polar surface area (TPSA) is 42.2 Å². The molecule has 22 heavy (non-hydrogen) atoms. The molecular formula is C17H13F2NO2. The molecule has 0 saturated carbocycles. The Labute approximate surface area is 125 Å². The predicted molar refractivity (Wildman–Crippen MR) is 78.5 cm³/mol. The molecule has 2 aromatic carbocycles. The number of halogens is 2. The monoisotopic (exact) mass is 301 g/mol. The summed E-state index contributed by atoms with van der Waals surface area (Å²) in [6.07, 6.45) is 0. The van der Waals surface area contributed by atoms with E-state index in [1.54, 1.807) is 19.1 Å². The highest BCUT2D eigenvalue weighted by Gasteiger charge is 2.17. The zero-order valence-electron chi connectivity index (χ0n) is 11.8. The normalized spacial score (nSPS) is 10.9. The van der Waals surface area contributed by atoms with Crippen LogP contribution in [0.3, 0.4) is 0 Å². The van der Waals surface area contributed by atoms with Gasteiger partial charge in [-0.2, -0.15) is 0 Å². The van der Waals surface area contributed by atoms with Crippen molar-refractivity contribution < 1.29 is 18.0 Å². The van der Waals surface area contributed by atoms with E-state index in [2.05, 4.69) is 5.32 Å². The van der Waals surface area contributed by atoms with Crippen LogP contribution in [-0.2, 0) is 6.54 Å². The molecule has 0 saturated heterocycles. The minimum Gasteiger partial charge on any atom is -0.451 e. The van der Waals surface area contributed by atoms with Crippen LogP contribution >= 0.6 is 0 Å². The maximum Gasteiger partial charge on any atom is 0.287 e. The Kier molecular flexibility index (Phi) is 3.63. The molecule has 0 unspecified atom stereocenters. The van der Waals surface area contributed by atoms with Crippen LogP contribution < -0.4 is 5.32 Å². The van der Waals surface area contributed by atoms with E-state index in [9.17, 15) is 13.6 Å². The average Bonchev–Trinajstić information content (AvgIpc) is 2.83. The van der Waals surface area contributed by atoms with Gasteiger partial charge in [-0.05, 0) is 42.8 Å². The zero-order valence-corrected chi connectivity index (χ0v) is 11.8. The highest BCUT2D eigenvalue weighted by Crippen LogP contribution is 2.25. The first kappa shape index (κ1) is 14.3. The summed E-state index contributed by atoms with van der Waals surface area (Å²) >= 11 is 0. The van der Waals surface area contributed by atoms with Gasteiger partial charge in [0.15, 0.2) is 5.76 Å². The lowest BCUT2D eigenvalue weighted by molar-refractivity contribution is 0.0924. The van der Waals surface area contributed by atoms with Crippen LogP contribution in [0, 0.1) is 18.6 Å². The van der Waals surface area contributed by atoms with Crippen LogP contribution in [0.15, 0.2) is 46.9 Å². The van der Waals surface area contributed by atoms with Gasteiger partial charge < -0.3 is 9.73 Å². The van der Waals surface area contributed by atoms with Gasteiger partial charge in [-0.3, -0.25) is 4.79 Å². The molecule has 0 radical (unpaired) electrons. The Morgan fingerprint density at radius 1 is 1.09 bits per heavy atom. The van der Waals surface area contributed by atoms with Gasteiger partial charge in [0, 0.05) is 17.5 Å². The van der Waals surface area contributed by atoms with E-state index in [4.69, 9.17) is 4.42 Å². The van der Waals surface area contributed by atoms with Crippen molar-refractivity contribution in [2.24, 2.45) is 0 Å². The third kappa shape index (κ3) is 2.70. The smallest absolute Gasteiger partial charge is 0.287 e.